The van der Waals surface area contributed by atoms with Gasteiger partial charge in [0.25, 0.3) is 5.69 Å². The van der Waals surface area contributed by atoms with Gasteiger partial charge in [-0.2, -0.15) is 5.10 Å². The lowest BCUT2D eigenvalue weighted by molar-refractivity contribution is -0.393. The molecule has 0 amide bonds. The summed E-state index contributed by atoms with van der Waals surface area (Å²) in [5, 5.41) is 26.0. The predicted molar refractivity (Wildman–Crippen MR) is 83.0 cm³/mol. The first-order valence-corrected chi connectivity index (χ1v) is 6.82. The second-order valence-electron chi connectivity index (χ2n) is 5.22. The molecule has 0 saturated heterocycles. The molecule has 0 aromatic heterocycles. The third kappa shape index (κ3) is 3.27. The molecule has 22 heavy (non-hydrogen) atoms. The van der Waals surface area contributed by atoms with E-state index in [2.05, 4.69) is 10.5 Å². The first kappa shape index (κ1) is 15.6. The van der Waals surface area contributed by atoms with E-state index in [0.29, 0.717) is 0 Å². The largest absolute Gasteiger partial charge is 0.301 e. The zero-order chi connectivity index (χ0) is 16.3. The SMILES string of the molecule is CC(C)=C1CCCC1=NNc1ccc([N+](=O)[O-])cc1[N+](=O)[O-]. The maximum absolute atomic E-state index is 11.1. The Morgan fingerprint density at radius 3 is 2.50 bits per heavy atom. The van der Waals surface area contributed by atoms with E-state index >= 15 is 0 Å². The van der Waals surface area contributed by atoms with Crippen molar-refractivity contribution >= 4 is 22.8 Å². The molecule has 0 atom stereocenters. The van der Waals surface area contributed by atoms with E-state index in [-0.39, 0.29) is 17.1 Å². The molecule has 8 nitrogen and oxygen atoms in total. The molecule has 0 bridgehead atoms. The van der Waals surface area contributed by atoms with Crippen LogP contribution in [0, 0.1) is 20.2 Å². The number of rotatable bonds is 4. The molecule has 1 saturated carbocycles. The van der Waals surface area contributed by atoms with E-state index in [1.807, 2.05) is 13.8 Å². The van der Waals surface area contributed by atoms with Crippen molar-refractivity contribution in [3.63, 3.8) is 0 Å². The number of benzene rings is 1. The van der Waals surface area contributed by atoms with Crippen LogP contribution >= 0.6 is 0 Å². The zero-order valence-electron chi connectivity index (χ0n) is 12.3. The Morgan fingerprint density at radius 1 is 1.18 bits per heavy atom. The molecule has 2 rings (SSSR count). The van der Waals surface area contributed by atoms with Gasteiger partial charge in [-0.1, -0.05) is 5.57 Å². The van der Waals surface area contributed by atoms with Gasteiger partial charge in [0, 0.05) is 6.07 Å². The summed E-state index contributed by atoms with van der Waals surface area (Å²) in [6, 6.07) is 3.45. The van der Waals surface area contributed by atoms with Crippen LogP contribution in [-0.2, 0) is 0 Å². The van der Waals surface area contributed by atoms with Gasteiger partial charge >= 0.3 is 5.69 Å². The van der Waals surface area contributed by atoms with Crippen molar-refractivity contribution in [2.24, 2.45) is 5.10 Å². The van der Waals surface area contributed by atoms with Gasteiger partial charge in [0.05, 0.1) is 21.6 Å². The number of nitrogens with one attached hydrogen (secondary N) is 1. The van der Waals surface area contributed by atoms with Crippen LogP contribution in [-0.4, -0.2) is 15.6 Å². The lowest BCUT2D eigenvalue weighted by Gasteiger charge is -2.05. The van der Waals surface area contributed by atoms with E-state index in [1.165, 1.54) is 17.7 Å². The van der Waals surface area contributed by atoms with Gasteiger partial charge in [-0.05, 0) is 44.7 Å². The van der Waals surface area contributed by atoms with Crippen LogP contribution in [0.2, 0.25) is 0 Å². The molecular formula is C14H16N4O4. The minimum Gasteiger partial charge on any atom is -0.271 e. The molecule has 1 aliphatic rings. The fourth-order valence-corrected chi connectivity index (χ4v) is 2.40. The number of hydrazone groups is 1. The molecule has 0 heterocycles. The van der Waals surface area contributed by atoms with Crippen molar-refractivity contribution in [3.8, 4) is 0 Å². The maximum Gasteiger partial charge on any atom is 0.301 e. The van der Waals surface area contributed by atoms with Crippen molar-refractivity contribution < 1.29 is 9.85 Å². The van der Waals surface area contributed by atoms with Gasteiger partial charge in [0.2, 0.25) is 0 Å². The molecule has 0 radical (unpaired) electrons. The van der Waals surface area contributed by atoms with Crippen LogP contribution < -0.4 is 5.43 Å². The zero-order valence-corrected chi connectivity index (χ0v) is 12.3. The Kier molecular flexibility index (Phi) is 4.50. The van der Waals surface area contributed by atoms with Gasteiger partial charge in [-0.15, -0.1) is 0 Å². The van der Waals surface area contributed by atoms with E-state index < -0.39 is 9.85 Å². The van der Waals surface area contributed by atoms with Crippen molar-refractivity contribution in [2.45, 2.75) is 33.1 Å². The normalized spacial score (nSPS) is 15.9. The summed E-state index contributed by atoms with van der Waals surface area (Å²) in [6.45, 7) is 4.01. The highest BCUT2D eigenvalue weighted by atomic mass is 16.6. The molecule has 1 fully saturated rings. The number of allylic oxidation sites excluding steroid dienone is 2. The molecule has 0 spiro atoms. The van der Waals surface area contributed by atoms with Crippen molar-refractivity contribution in [1.29, 1.82) is 0 Å². The standard InChI is InChI=1S/C14H16N4O4/c1-9(2)11-4-3-5-12(11)15-16-13-7-6-10(17(19)20)8-14(13)18(21)22/h6-8,16H,3-5H2,1-2H3. The van der Waals surface area contributed by atoms with Gasteiger partial charge in [0.15, 0.2) is 0 Å². The van der Waals surface area contributed by atoms with Crippen LogP contribution in [0.3, 0.4) is 0 Å². The quantitative estimate of drug-likeness (QED) is 0.672. The molecular weight excluding hydrogens is 288 g/mol. The highest BCUT2D eigenvalue weighted by Crippen LogP contribution is 2.30. The Labute approximate surface area is 126 Å². The Hall–Kier alpha value is -2.77. The highest BCUT2D eigenvalue weighted by Gasteiger charge is 2.20. The van der Waals surface area contributed by atoms with Crippen LogP contribution in [0.15, 0.2) is 34.4 Å². The molecule has 8 heteroatoms. The van der Waals surface area contributed by atoms with Crippen molar-refractivity contribution in [3.05, 3.63) is 49.6 Å². The molecule has 1 aromatic rings. The third-order valence-electron chi connectivity index (χ3n) is 3.49. The van der Waals surface area contributed by atoms with Crippen LogP contribution in [0.5, 0.6) is 0 Å². The monoisotopic (exact) mass is 304 g/mol. The van der Waals surface area contributed by atoms with Crippen molar-refractivity contribution in [1.82, 2.24) is 0 Å². The highest BCUT2D eigenvalue weighted by molar-refractivity contribution is 6.03. The Balaban J connectivity index is 2.32. The summed E-state index contributed by atoms with van der Waals surface area (Å²) in [5.41, 5.74) is 5.35. The average Bonchev–Trinajstić information content (AvgIpc) is 2.93. The number of anilines is 1. The molecule has 1 N–H and O–H groups in total. The summed E-state index contributed by atoms with van der Waals surface area (Å²) >= 11 is 0. The second-order valence-corrected chi connectivity index (χ2v) is 5.22. The topological polar surface area (TPSA) is 111 Å². The molecule has 1 aromatic carbocycles. The molecule has 0 unspecified atom stereocenters. The predicted octanol–water partition coefficient (Wildman–Crippen LogP) is 3.79. The lowest BCUT2D eigenvalue weighted by atomic mass is 10.1. The second kappa shape index (κ2) is 6.33. The lowest BCUT2D eigenvalue weighted by Crippen LogP contribution is -2.03. The molecule has 0 aliphatic heterocycles. The van der Waals surface area contributed by atoms with Crippen LogP contribution in [0.25, 0.3) is 0 Å². The van der Waals surface area contributed by atoms with E-state index in [1.54, 1.807) is 0 Å². The number of hydrogen-bond donors (Lipinski definition) is 1. The van der Waals surface area contributed by atoms with Gasteiger partial charge in [0.1, 0.15) is 5.69 Å². The van der Waals surface area contributed by atoms with Crippen molar-refractivity contribution in [2.75, 3.05) is 5.43 Å². The van der Waals surface area contributed by atoms with Gasteiger partial charge < -0.3 is 0 Å². The van der Waals surface area contributed by atoms with Gasteiger partial charge in [-0.3, -0.25) is 25.7 Å². The summed E-state index contributed by atoms with van der Waals surface area (Å²) in [5.74, 6) is 0. The Bertz CT molecular complexity index is 690. The summed E-state index contributed by atoms with van der Waals surface area (Å²) in [4.78, 5) is 20.4. The first-order valence-electron chi connectivity index (χ1n) is 6.82. The number of nitro groups is 2. The fourth-order valence-electron chi connectivity index (χ4n) is 2.40. The first-order chi connectivity index (χ1) is 10.4. The smallest absolute Gasteiger partial charge is 0.271 e. The maximum atomic E-state index is 11.1. The van der Waals surface area contributed by atoms with E-state index in [0.717, 1.165) is 36.6 Å². The van der Waals surface area contributed by atoms with Crippen LogP contribution in [0.1, 0.15) is 33.1 Å². The van der Waals surface area contributed by atoms with E-state index in [9.17, 15) is 20.2 Å². The number of nitrogens with zero attached hydrogens (tertiary/aromatic N) is 3. The van der Waals surface area contributed by atoms with Crippen LogP contribution in [0.4, 0.5) is 17.1 Å². The summed E-state index contributed by atoms with van der Waals surface area (Å²) < 4.78 is 0. The minimum absolute atomic E-state index is 0.142. The number of nitro benzene ring substituents is 2. The molecule has 1 aliphatic carbocycles. The summed E-state index contributed by atoms with van der Waals surface area (Å²) in [6.07, 6.45) is 2.77. The third-order valence-corrected chi connectivity index (χ3v) is 3.49. The fraction of sp³-hybridized carbons (Fsp3) is 0.357. The number of non-ortho nitro benzene ring substituents is 1. The Morgan fingerprint density at radius 2 is 1.91 bits per heavy atom. The van der Waals surface area contributed by atoms with Gasteiger partial charge in [-0.25, -0.2) is 0 Å². The average molecular weight is 304 g/mol. The minimum atomic E-state index is -0.666. The molecule has 116 valence electrons. The number of hydrogen-bond acceptors (Lipinski definition) is 6. The summed E-state index contributed by atoms with van der Waals surface area (Å²) in [7, 11) is 0. The van der Waals surface area contributed by atoms with E-state index in [4.69, 9.17) is 0 Å².